The van der Waals surface area contributed by atoms with E-state index in [0.29, 0.717) is 11.7 Å². The van der Waals surface area contributed by atoms with Gasteiger partial charge in [-0.2, -0.15) is 5.10 Å². The second-order valence-corrected chi connectivity index (χ2v) is 5.88. The highest BCUT2D eigenvalue weighted by Crippen LogP contribution is 2.29. The number of carbonyl (C=O) groups excluding carboxylic acids is 1. The summed E-state index contributed by atoms with van der Waals surface area (Å²) < 4.78 is 6.53. The van der Waals surface area contributed by atoms with E-state index in [1.165, 1.54) is 33.3 Å². The number of nitrogens with zero attached hydrogens (tertiary/aromatic N) is 2. The number of hydrogen-bond donors (Lipinski definition) is 1. The van der Waals surface area contributed by atoms with Crippen molar-refractivity contribution < 1.29 is 19.4 Å². The molecule has 0 spiro atoms. The van der Waals surface area contributed by atoms with Crippen LogP contribution >= 0.6 is 0 Å². The summed E-state index contributed by atoms with van der Waals surface area (Å²) in [5, 5.41) is 13.8. The molecule has 1 fully saturated rings. The van der Waals surface area contributed by atoms with Crippen molar-refractivity contribution in [3.05, 3.63) is 18.0 Å². The highest BCUT2D eigenvalue weighted by Gasteiger charge is 2.43. The summed E-state index contributed by atoms with van der Waals surface area (Å²) in [5.74, 6) is -1.94. The Bertz CT molecular complexity index is 519. The van der Waals surface area contributed by atoms with Gasteiger partial charge in [0.1, 0.15) is 0 Å². The fourth-order valence-electron chi connectivity index (χ4n) is 2.84. The summed E-state index contributed by atoms with van der Waals surface area (Å²) in [6.07, 6.45) is 7.80. The third-order valence-corrected chi connectivity index (χ3v) is 4.25. The number of ether oxygens (including phenoxy) is 1. The molecule has 6 heteroatoms. The molecule has 1 saturated carbocycles. The Balaban J connectivity index is 2.13. The maximum absolute atomic E-state index is 11.8. The van der Waals surface area contributed by atoms with E-state index in [-0.39, 0.29) is 6.42 Å². The summed E-state index contributed by atoms with van der Waals surface area (Å²) in [5.41, 5.74) is -0.989. The third-order valence-electron chi connectivity index (χ3n) is 4.25. The van der Waals surface area contributed by atoms with Crippen molar-refractivity contribution in [2.45, 2.75) is 51.5 Å². The van der Waals surface area contributed by atoms with Crippen molar-refractivity contribution >= 4 is 11.9 Å². The summed E-state index contributed by atoms with van der Waals surface area (Å²) in [6, 6.07) is 2.18. The fraction of sp³-hybridized carbons (Fsp3) is 0.667. The molecule has 0 aromatic carbocycles. The average Bonchev–Trinajstić information content (AvgIpc) is 2.95. The van der Waals surface area contributed by atoms with Gasteiger partial charge in [-0.25, -0.2) is 0 Å². The summed E-state index contributed by atoms with van der Waals surface area (Å²) >= 11 is 0. The summed E-state index contributed by atoms with van der Waals surface area (Å²) in [4.78, 5) is 23.1. The van der Waals surface area contributed by atoms with Crippen LogP contribution in [0.4, 0.5) is 0 Å². The Kier molecular flexibility index (Phi) is 4.65. The molecule has 21 heavy (non-hydrogen) atoms. The van der Waals surface area contributed by atoms with Crippen molar-refractivity contribution in [1.82, 2.24) is 9.78 Å². The van der Waals surface area contributed by atoms with Crippen LogP contribution in [0.3, 0.4) is 0 Å². The molecule has 1 aliphatic rings. The fourth-order valence-corrected chi connectivity index (χ4v) is 2.84. The lowest BCUT2D eigenvalue weighted by atomic mass is 9.85. The molecule has 1 aromatic heterocycles. The van der Waals surface area contributed by atoms with Gasteiger partial charge in [0.2, 0.25) is 0 Å². The monoisotopic (exact) mass is 294 g/mol. The second kappa shape index (κ2) is 6.28. The van der Waals surface area contributed by atoms with Gasteiger partial charge in [0.15, 0.2) is 5.41 Å². The van der Waals surface area contributed by atoms with Gasteiger partial charge in [-0.3, -0.25) is 14.3 Å². The Morgan fingerprint density at radius 3 is 2.67 bits per heavy atom. The van der Waals surface area contributed by atoms with Crippen LogP contribution in [0.15, 0.2) is 12.3 Å². The van der Waals surface area contributed by atoms with Crippen LogP contribution in [0.25, 0.3) is 0 Å². The van der Waals surface area contributed by atoms with E-state index < -0.39 is 17.4 Å². The van der Waals surface area contributed by atoms with E-state index in [1.807, 2.05) is 10.9 Å². The van der Waals surface area contributed by atoms with E-state index in [4.69, 9.17) is 0 Å². The zero-order chi connectivity index (χ0) is 15.5. The Hall–Kier alpha value is -1.85. The number of rotatable bonds is 5. The molecule has 1 N–H and O–H groups in total. The molecule has 0 aliphatic heterocycles. The molecule has 0 bridgehead atoms. The van der Waals surface area contributed by atoms with Gasteiger partial charge in [-0.1, -0.05) is 19.3 Å². The highest BCUT2D eigenvalue weighted by molar-refractivity contribution is 5.98. The molecule has 0 amide bonds. The van der Waals surface area contributed by atoms with Gasteiger partial charge >= 0.3 is 11.9 Å². The summed E-state index contributed by atoms with van der Waals surface area (Å²) in [6.45, 7) is 1.38. The molecule has 1 unspecified atom stereocenters. The molecule has 0 saturated heterocycles. The Labute approximate surface area is 124 Å². The van der Waals surface area contributed by atoms with Gasteiger partial charge in [0, 0.05) is 12.6 Å². The first-order valence-corrected chi connectivity index (χ1v) is 7.33. The number of esters is 1. The molecular formula is C15H22N2O4. The first-order valence-electron chi connectivity index (χ1n) is 7.33. The van der Waals surface area contributed by atoms with Crippen molar-refractivity contribution in [2.75, 3.05) is 7.11 Å². The standard InChI is InChI=1S/C15H22N2O4/c1-15(13(18)19,14(20)21-2)10-11-8-9-17(16-11)12-6-4-3-5-7-12/h8-9,12H,3-7,10H2,1-2H3,(H,18,19). The van der Waals surface area contributed by atoms with E-state index in [1.54, 1.807) is 6.07 Å². The minimum Gasteiger partial charge on any atom is -0.480 e. The van der Waals surface area contributed by atoms with Gasteiger partial charge in [-0.05, 0) is 25.8 Å². The average molecular weight is 294 g/mol. The van der Waals surface area contributed by atoms with Crippen molar-refractivity contribution in [3.8, 4) is 0 Å². The maximum Gasteiger partial charge on any atom is 0.323 e. The zero-order valence-electron chi connectivity index (χ0n) is 12.5. The predicted molar refractivity (Wildman–Crippen MR) is 75.8 cm³/mol. The first kappa shape index (κ1) is 15.5. The normalized spacial score (nSPS) is 19.0. The number of methoxy groups -OCH3 is 1. The maximum atomic E-state index is 11.8. The Morgan fingerprint density at radius 1 is 1.43 bits per heavy atom. The van der Waals surface area contributed by atoms with Crippen LogP contribution in [0.5, 0.6) is 0 Å². The predicted octanol–water partition coefficient (Wildman–Crippen LogP) is 2.19. The van der Waals surface area contributed by atoms with Crippen molar-refractivity contribution in [1.29, 1.82) is 0 Å². The largest absolute Gasteiger partial charge is 0.480 e. The number of hydrogen-bond acceptors (Lipinski definition) is 4. The molecular weight excluding hydrogens is 272 g/mol. The molecule has 1 aliphatic carbocycles. The highest BCUT2D eigenvalue weighted by atomic mass is 16.5. The van der Waals surface area contributed by atoms with Crippen LogP contribution in [-0.2, 0) is 20.7 Å². The lowest BCUT2D eigenvalue weighted by molar-refractivity contribution is -0.165. The quantitative estimate of drug-likeness (QED) is 0.665. The lowest BCUT2D eigenvalue weighted by Gasteiger charge is -2.22. The minimum absolute atomic E-state index is 0.0364. The SMILES string of the molecule is COC(=O)C(C)(Cc1ccn(C2CCCCC2)n1)C(=O)O. The van der Waals surface area contributed by atoms with Gasteiger partial charge < -0.3 is 9.84 Å². The van der Waals surface area contributed by atoms with E-state index in [9.17, 15) is 14.7 Å². The lowest BCUT2D eigenvalue weighted by Crippen LogP contribution is -2.39. The van der Waals surface area contributed by atoms with Crippen LogP contribution in [0.2, 0.25) is 0 Å². The van der Waals surface area contributed by atoms with Gasteiger partial charge in [-0.15, -0.1) is 0 Å². The molecule has 0 radical (unpaired) electrons. The number of carbonyl (C=O) groups is 2. The molecule has 6 nitrogen and oxygen atoms in total. The molecule has 2 rings (SSSR count). The Morgan fingerprint density at radius 2 is 2.10 bits per heavy atom. The number of carboxylic acid groups (broad SMARTS) is 1. The topological polar surface area (TPSA) is 81.4 Å². The molecule has 116 valence electrons. The zero-order valence-corrected chi connectivity index (χ0v) is 12.5. The molecule has 1 aromatic rings. The van der Waals surface area contributed by atoms with E-state index in [2.05, 4.69) is 9.84 Å². The summed E-state index contributed by atoms with van der Waals surface area (Å²) in [7, 11) is 1.20. The molecule has 1 heterocycles. The molecule has 1 atom stereocenters. The van der Waals surface area contributed by atoms with Gasteiger partial charge in [0.25, 0.3) is 0 Å². The number of carboxylic acids is 1. The second-order valence-electron chi connectivity index (χ2n) is 5.88. The number of aromatic nitrogens is 2. The van der Waals surface area contributed by atoms with E-state index in [0.717, 1.165) is 12.8 Å². The van der Waals surface area contributed by atoms with Gasteiger partial charge in [0.05, 0.1) is 18.8 Å². The van der Waals surface area contributed by atoms with Crippen molar-refractivity contribution in [3.63, 3.8) is 0 Å². The first-order chi connectivity index (χ1) is 9.97. The van der Waals surface area contributed by atoms with Crippen LogP contribution in [0, 0.1) is 5.41 Å². The van der Waals surface area contributed by atoms with Crippen LogP contribution in [0.1, 0.15) is 50.8 Å². The van der Waals surface area contributed by atoms with Crippen LogP contribution in [-0.4, -0.2) is 33.9 Å². The smallest absolute Gasteiger partial charge is 0.323 e. The minimum atomic E-state index is -1.60. The number of aliphatic carboxylic acids is 1. The van der Waals surface area contributed by atoms with E-state index >= 15 is 0 Å². The third kappa shape index (κ3) is 3.25. The van der Waals surface area contributed by atoms with Crippen LogP contribution < -0.4 is 0 Å². The van der Waals surface area contributed by atoms with Crippen molar-refractivity contribution in [2.24, 2.45) is 5.41 Å².